The zero-order valence-electron chi connectivity index (χ0n) is 46.5. The molecule has 0 spiro atoms. The molecule has 0 radical (unpaired) electrons. The molecule has 0 bridgehead atoms. The number of piperazine rings is 1. The van der Waals surface area contributed by atoms with Crippen LogP contribution in [0.25, 0.3) is 10.9 Å². The Morgan fingerprint density at radius 3 is 1.99 bits per heavy atom. The van der Waals surface area contributed by atoms with Gasteiger partial charge < -0.3 is 65.2 Å². The van der Waals surface area contributed by atoms with Gasteiger partial charge in [-0.25, -0.2) is 18.8 Å². The molecule has 1 fully saturated rings. The van der Waals surface area contributed by atoms with E-state index in [0.717, 1.165) is 6.07 Å². The normalized spacial score (nSPS) is 13.9. The number of alkyl carbamates (subject to hydrolysis) is 1. The van der Waals surface area contributed by atoms with E-state index >= 15 is 4.39 Å². The highest BCUT2D eigenvalue weighted by molar-refractivity contribution is 5.99. The maximum Gasteiger partial charge on any atom is 0.410 e. The Hall–Kier alpha value is -7.79. The summed E-state index contributed by atoms with van der Waals surface area (Å²) in [6, 6.07) is 5.05. The molecule has 4 rings (SSSR count). The molecule has 3 atom stereocenters. The molecule has 2 aromatic carbocycles. The van der Waals surface area contributed by atoms with E-state index in [4.69, 9.17) is 14.2 Å². The number of carboxylic acid groups (broad SMARTS) is 1. The van der Waals surface area contributed by atoms with Gasteiger partial charge in [0.2, 0.25) is 35.0 Å². The summed E-state index contributed by atoms with van der Waals surface area (Å²) in [5, 5.41) is 22.7. The summed E-state index contributed by atoms with van der Waals surface area (Å²) >= 11 is 0. The first-order chi connectivity index (χ1) is 36.5. The lowest BCUT2D eigenvalue weighted by atomic mass is 10.0. The number of hydrogen-bond acceptors (Lipinski definition) is 14. The van der Waals surface area contributed by atoms with Crippen LogP contribution in [0.3, 0.4) is 0 Å². The zero-order valence-corrected chi connectivity index (χ0v) is 46.5. The van der Waals surface area contributed by atoms with Crippen LogP contribution >= 0.6 is 0 Å². The third kappa shape index (κ3) is 19.3. The van der Waals surface area contributed by atoms with Gasteiger partial charge in [-0.05, 0) is 103 Å². The molecule has 7 amide bonds. The molecule has 0 saturated carbocycles. The first-order valence-corrected chi connectivity index (χ1v) is 25.9. The number of aromatic nitrogens is 1. The number of carbonyl (C=O) groups excluding carboxylic acids is 8. The molecule has 1 aromatic heterocycles. The van der Waals surface area contributed by atoms with Gasteiger partial charge in [0.25, 0.3) is 0 Å². The van der Waals surface area contributed by atoms with Crippen LogP contribution in [0.4, 0.5) is 25.4 Å². The Balaban J connectivity index is 1.41. The molecule has 24 heteroatoms. The van der Waals surface area contributed by atoms with Gasteiger partial charge in [-0.15, -0.1) is 0 Å². The van der Waals surface area contributed by atoms with Gasteiger partial charge in [0.05, 0.1) is 11.2 Å². The number of fused-ring (bicyclic) bond motifs is 1. The number of rotatable bonds is 23. The molecule has 1 aliphatic heterocycles. The van der Waals surface area contributed by atoms with Crippen molar-refractivity contribution >= 4 is 75.9 Å². The molecule has 3 aromatic rings. The summed E-state index contributed by atoms with van der Waals surface area (Å²) in [6.07, 6.45) is -0.509. The summed E-state index contributed by atoms with van der Waals surface area (Å²) < 4.78 is 33.3. The van der Waals surface area contributed by atoms with Crippen molar-refractivity contribution < 1.29 is 66.9 Å². The molecule has 1 saturated heterocycles. The van der Waals surface area contributed by atoms with E-state index in [1.807, 2.05) is 0 Å². The molecule has 1 aliphatic rings. The molecular formula is C54H76FN9O14. The maximum atomic E-state index is 15.5. The number of aryl methyl sites for hydroxylation is 1. The van der Waals surface area contributed by atoms with Crippen molar-refractivity contribution in [2.75, 3.05) is 57.0 Å². The highest BCUT2D eigenvalue weighted by atomic mass is 19.1. The number of benzene rings is 2. The van der Waals surface area contributed by atoms with Crippen molar-refractivity contribution in [1.82, 2.24) is 35.6 Å². The number of pyridine rings is 1. The minimum atomic E-state index is -1.41. The lowest BCUT2D eigenvalue weighted by molar-refractivity contribution is -0.155. The zero-order chi connectivity index (χ0) is 58.2. The first kappa shape index (κ1) is 62.7. The van der Waals surface area contributed by atoms with Gasteiger partial charge in [-0.2, -0.15) is 0 Å². The van der Waals surface area contributed by atoms with Crippen molar-refractivity contribution in [3.8, 4) is 0 Å². The van der Waals surface area contributed by atoms with Crippen LogP contribution in [0.1, 0.15) is 117 Å². The van der Waals surface area contributed by atoms with Crippen LogP contribution in [0.5, 0.6) is 0 Å². The van der Waals surface area contributed by atoms with Crippen molar-refractivity contribution in [2.24, 2.45) is 5.92 Å². The lowest BCUT2D eigenvalue weighted by Crippen LogP contribution is -2.58. The maximum absolute atomic E-state index is 15.5. The summed E-state index contributed by atoms with van der Waals surface area (Å²) in [5.74, 6) is -6.28. The fourth-order valence-electron chi connectivity index (χ4n) is 8.10. The molecule has 23 nitrogen and oxygen atoms in total. The Bertz CT molecular complexity index is 2730. The molecule has 0 unspecified atom stereocenters. The Morgan fingerprint density at radius 1 is 0.782 bits per heavy atom. The van der Waals surface area contributed by atoms with Crippen LogP contribution < -0.4 is 36.9 Å². The standard InChI is InChI=1S/C54H76FN9O14/c1-12-62-30-36(50(72)73)46(68)35-28-37(55)41(29-40(35)62)63-24-26-64(27-25-63)52(75)76-31-33-16-18-34(19-17-33)57-47(69)39(22-23-56-51(74)78-54(7,8)9)59-49(71)45(32(2)3)60-48(70)38(20-21-44(67)77-53(4,5)6)58-42(65)14-13-15-43(66)61(10)11/h16-19,28-30,32,38-39,45H,12-15,20-27,31H2,1-11H3,(H,56,74)(H,57,69)(H,58,65)(H,59,71)(H,60,70)(H,72,73)/t38-,39-,45-/m0/s1. The van der Waals surface area contributed by atoms with Crippen LogP contribution in [-0.2, 0) is 56.1 Å². The smallest absolute Gasteiger partial charge is 0.410 e. The molecule has 6 N–H and O–H groups in total. The second-order valence-corrected chi connectivity index (χ2v) is 21.4. The third-order valence-electron chi connectivity index (χ3n) is 12.2. The number of nitrogens with zero attached hydrogens (tertiary/aromatic N) is 4. The fraction of sp³-hybridized carbons (Fsp3) is 0.556. The largest absolute Gasteiger partial charge is 0.477 e. The topological polar surface area (TPSA) is 293 Å². The van der Waals surface area contributed by atoms with Gasteiger partial charge >= 0.3 is 24.1 Å². The summed E-state index contributed by atoms with van der Waals surface area (Å²) in [7, 11) is 3.18. The van der Waals surface area contributed by atoms with Gasteiger partial charge in [-0.1, -0.05) is 26.0 Å². The Labute approximate surface area is 453 Å². The molecule has 0 aliphatic carbocycles. The van der Waals surface area contributed by atoms with E-state index in [2.05, 4.69) is 26.6 Å². The fourth-order valence-corrected chi connectivity index (χ4v) is 8.10. The number of carboxylic acids is 1. The number of aromatic carboxylic acids is 1. The Kier molecular flexibility index (Phi) is 22.5. The van der Waals surface area contributed by atoms with Gasteiger partial charge in [0.15, 0.2) is 0 Å². The number of hydrogen-bond donors (Lipinski definition) is 6. The van der Waals surface area contributed by atoms with Crippen LogP contribution in [-0.4, -0.2) is 149 Å². The predicted molar refractivity (Wildman–Crippen MR) is 287 cm³/mol. The second-order valence-electron chi connectivity index (χ2n) is 21.4. The third-order valence-corrected chi connectivity index (χ3v) is 12.2. The molecular weight excluding hydrogens is 1020 g/mol. The number of halogens is 1. The molecule has 78 heavy (non-hydrogen) atoms. The second kappa shape index (κ2) is 28.0. The van der Waals surface area contributed by atoms with E-state index in [-0.39, 0.29) is 94.8 Å². The summed E-state index contributed by atoms with van der Waals surface area (Å²) in [4.78, 5) is 134. The van der Waals surface area contributed by atoms with Gasteiger partial charge in [-0.3, -0.25) is 33.6 Å². The van der Waals surface area contributed by atoms with Gasteiger partial charge in [0, 0.05) is 89.9 Å². The van der Waals surface area contributed by atoms with E-state index < -0.39 is 99.8 Å². The number of amides is 7. The SMILES string of the molecule is CCn1cc(C(=O)O)c(=O)c2cc(F)c(N3CCN(C(=O)OCc4ccc(NC(=O)[C@H](CCNC(=O)OC(C)(C)C)NC(=O)[C@@H](NC(=O)[C@H](CCC(=O)OC(C)(C)C)NC(=O)CCCC(=O)N(C)C)C(C)C)cc4)CC3)cc21. The lowest BCUT2D eigenvalue weighted by Gasteiger charge is -2.35. The van der Waals surface area contributed by atoms with Crippen molar-refractivity contribution in [3.05, 3.63) is 69.8 Å². The molecule has 428 valence electrons. The van der Waals surface area contributed by atoms with E-state index in [9.17, 15) is 53.1 Å². The average molecular weight is 1090 g/mol. The summed E-state index contributed by atoms with van der Waals surface area (Å²) in [6.45, 7) is 16.1. The highest BCUT2D eigenvalue weighted by Crippen LogP contribution is 2.27. The number of nitrogens with one attached hydrogen (secondary N) is 5. The van der Waals surface area contributed by atoms with Crippen molar-refractivity contribution in [1.29, 1.82) is 0 Å². The Morgan fingerprint density at radius 2 is 1.41 bits per heavy atom. The monoisotopic (exact) mass is 1090 g/mol. The van der Waals surface area contributed by atoms with E-state index in [1.54, 1.807) is 110 Å². The van der Waals surface area contributed by atoms with E-state index in [0.29, 0.717) is 23.3 Å². The number of esters is 1. The van der Waals surface area contributed by atoms with Crippen molar-refractivity contribution in [3.63, 3.8) is 0 Å². The quantitative estimate of drug-likeness (QED) is 0.0556. The first-order valence-electron chi connectivity index (χ1n) is 25.9. The molecule has 2 heterocycles. The summed E-state index contributed by atoms with van der Waals surface area (Å²) in [5.41, 5.74) is -1.44. The highest BCUT2D eigenvalue weighted by Gasteiger charge is 2.33. The van der Waals surface area contributed by atoms with Crippen LogP contribution in [0.2, 0.25) is 0 Å². The van der Waals surface area contributed by atoms with Crippen LogP contribution in [0.15, 0.2) is 47.4 Å². The van der Waals surface area contributed by atoms with Crippen molar-refractivity contribution in [2.45, 2.75) is 143 Å². The van der Waals surface area contributed by atoms with Gasteiger partial charge in [0.1, 0.15) is 47.3 Å². The van der Waals surface area contributed by atoms with E-state index in [1.165, 1.54) is 22.1 Å². The predicted octanol–water partition coefficient (Wildman–Crippen LogP) is 4.66. The average Bonchev–Trinajstić information content (AvgIpc) is 3.34. The minimum Gasteiger partial charge on any atom is -0.477 e. The minimum absolute atomic E-state index is 0.0522. The number of carbonyl (C=O) groups is 9. The number of ether oxygens (including phenoxy) is 3. The number of anilines is 2. The van der Waals surface area contributed by atoms with Crippen LogP contribution in [0, 0.1) is 11.7 Å².